The van der Waals surface area contributed by atoms with Crippen molar-refractivity contribution < 1.29 is 0 Å². The van der Waals surface area contributed by atoms with Gasteiger partial charge in [0.1, 0.15) is 0 Å². The molecule has 2 aromatic rings. The molecule has 0 aliphatic carbocycles. The molecule has 0 amide bonds. The summed E-state index contributed by atoms with van der Waals surface area (Å²) in [5.74, 6) is 0. The summed E-state index contributed by atoms with van der Waals surface area (Å²) in [6.07, 6.45) is 3.70. The van der Waals surface area contributed by atoms with Gasteiger partial charge in [-0.1, -0.05) is 18.2 Å². The summed E-state index contributed by atoms with van der Waals surface area (Å²) < 4.78 is 0. The van der Waals surface area contributed by atoms with Gasteiger partial charge in [0, 0.05) is 18.0 Å². The third-order valence-electron chi connectivity index (χ3n) is 2.06. The third-order valence-corrected chi connectivity index (χ3v) is 2.06. The second kappa shape index (κ2) is 3.40. The number of hydrogen-bond donors (Lipinski definition) is 0. The van der Waals surface area contributed by atoms with Gasteiger partial charge in [-0.05, 0) is 36.2 Å². The number of aryl methyl sites for hydroxylation is 1. The minimum atomic E-state index is 1.17. The molecule has 2 rings (SSSR count). The Kier molecular flexibility index (Phi) is 2.09. The molecule has 0 N–H and O–H groups in total. The number of benzene rings is 1. The summed E-state index contributed by atoms with van der Waals surface area (Å²) in [4.78, 5) is 4.11. The molecule has 1 radical (unpaired) electrons. The van der Waals surface area contributed by atoms with Crippen LogP contribution in [0.25, 0.3) is 11.1 Å². The molecule has 1 heteroatoms. The maximum Gasteiger partial charge on any atom is 0.0349 e. The lowest BCUT2D eigenvalue weighted by atomic mass is 10.0. The monoisotopic (exact) mass is 168 g/mol. The van der Waals surface area contributed by atoms with Crippen LogP contribution < -0.4 is 0 Å². The largest absolute Gasteiger partial charge is 0.264 e. The maximum absolute atomic E-state index is 4.11. The maximum atomic E-state index is 4.11. The average Bonchev–Trinajstić information content (AvgIpc) is 2.20. The van der Waals surface area contributed by atoms with Crippen LogP contribution in [-0.4, -0.2) is 4.98 Å². The first-order chi connectivity index (χ1) is 6.38. The Morgan fingerprint density at radius 1 is 1.31 bits per heavy atom. The zero-order valence-electron chi connectivity index (χ0n) is 7.49. The second-order valence-electron chi connectivity index (χ2n) is 2.98. The molecule has 0 saturated carbocycles. The summed E-state index contributed by atoms with van der Waals surface area (Å²) in [5.41, 5.74) is 3.60. The zero-order chi connectivity index (χ0) is 9.10. The summed E-state index contributed by atoms with van der Waals surface area (Å²) >= 11 is 0. The van der Waals surface area contributed by atoms with Crippen molar-refractivity contribution in [2.24, 2.45) is 0 Å². The Bertz CT molecular complexity index is 393. The lowest BCUT2D eigenvalue weighted by molar-refractivity contribution is 1.29. The fraction of sp³-hybridized carbons (Fsp3) is 0.0833. The molecule has 0 atom stereocenters. The van der Waals surface area contributed by atoms with Gasteiger partial charge in [-0.15, -0.1) is 0 Å². The normalized spacial score (nSPS) is 9.92. The first kappa shape index (κ1) is 7.99. The number of hydrogen-bond acceptors (Lipinski definition) is 1. The number of pyridine rings is 1. The molecule has 0 aliphatic heterocycles. The zero-order valence-corrected chi connectivity index (χ0v) is 7.49. The molecular weight excluding hydrogens is 158 g/mol. The summed E-state index contributed by atoms with van der Waals surface area (Å²) in [6, 6.07) is 13.0. The Balaban J connectivity index is 2.54. The van der Waals surface area contributed by atoms with E-state index in [0.717, 1.165) is 0 Å². The van der Waals surface area contributed by atoms with E-state index in [1.807, 2.05) is 36.7 Å². The smallest absolute Gasteiger partial charge is 0.0349 e. The molecule has 0 aliphatic rings. The molecule has 0 bridgehead atoms. The Morgan fingerprint density at radius 2 is 2.23 bits per heavy atom. The molecule has 1 aromatic carbocycles. The Hall–Kier alpha value is -1.63. The van der Waals surface area contributed by atoms with Crippen molar-refractivity contribution in [2.45, 2.75) is 6.92 Å². The van der Waals surface area contributed by atoms with Crippen LogP contribution in [0.1, 0.15) is 5.56 Å². The minimum absolute atomic E-state index is 1.17. The van der Waals surface area contributed by atoms with Crippen LogP contribution in [-0.2, 0) is 0 Å². The van der Waals surface area contributed by atoms with E-state index >= 15 is 0 Å². The van der Waals surface area contributed by atoms with Gasteiger partial charge in [-0.3, -0.25) is 4.98 Å². The molecule has 0 fully saturated rings. The van der Waals surface area contributed by atoms with Crippen LogP contribution in [0, 0.1) is 13.0 Å². The van der Waals surface area contributed by atoms with Gasteiger partial charge >= 0.3 is 0 Å². The molecule has 0 spiro atoms. The highest BCUT2D eigenvalue weighted by Crippen LogP contribution is 2.20. The highest BCUT2D eigenvalue weighted by atomic mass is 14.6. The molecular formula is C12H10N. The predicted molar refractivity (Wildman–Crippen MR) is 53.2 cm³/mol. The number of nitrogens with zero attached hydrogens (tertiary/aromatic N) is 1. The predicted octanol–water partition coefficient (Wildman–Crippen LogP) is 2.86. The molecule has 0 saturated heterocycles. The highest BCUT2D eigenvalue weighted by molar-refractivity contribution is 5.65. The first-order valence-electron chi connectivity index (χ1n) is 4.25. The van der Waals surface area contributed by atoms with Crippen molar-refractivity contribution in [1.82, 2.24) is 4.98 Å². The lowest BCUT2D eigenvalue weighted by Crippen LogP contribution is -1.83. The van der Waals surface area contributed by atoms with Crippen molar-refractivity contribution in [3.63, 3.8) is 0 Å². The van der Waals surface area contributed by atoms with E-state index < -0.39 is 0 Å². The molecule has 1 heterocycles. The average molecular weight is 168 g/mol. The fourth-order valence-corrected chi connectivity index (χ4v) is 1.33. The summed E-state index contributed by atoms with van der Waals surface area (Å²) in [6.45, 7) is 2.09. The van der Waals surface area contributed by atoms with Crippen LogP contribution in [0.4, 0.5) is 0 Å². The molecule has 13 heavy (non-hydrogen) atoms. The van der Waals surface area contributed by atoms with E-state index in [-0.39, 0.29) is 0 Å². The van der Waals surface area contributed by atoms with Crippen molar-refractivity contribution in [3.05, 3.63) is 54.4 Å². The van der Waals surface area contributed by atoms with E-state index in [1.165, 1.54) is 16.7 Å². The SMILES string of the molecule is Cc1ccncc1-c1c[c]ccc1. The van der Waals surface area contributed by atoms with E-state index in [9.17, 15) is 0 Å². The van der Waals surface area contributed by atoms with Crippen LogP contribution in [0.3, 0.4) is 0 Å². The van der Waals surface area contributed by atoms with Gasteiger partial charge in [0.2, 0.25) is 0 Å². The van der Waals surface area contributed by atoms with Crippen molar-refractivity contribution in [2.75, 3.05) is 0 Å². The van der Waals surface area contributed by atoms with Gasteiger partial charge in [0.25, 0.3) is 0 Å². The number of aromatic nitrogens is 1. The van der Waals surface area contributed by atoms with Crippen molar-refractivity contribution >= 4 is 0 Å². The fourth-order valence-electron chi connectivity index (χ4n) is 1.33. The van der Waals surface area contributed by atoms with Gasteiger partial charge in [-0.2, -0.15) is 0 Å². The molecule has 0 unspecified atom stereocenters. The quantitative estimate of drug-likeness (QED) is 0.638. The number of rotatable bonds is 1. The van der Waals surface area contributed by atoms with Crippen LogP contribution in [0.15, 0.2) is 42.7 Å². The summed E-state index contributed by atoms with van der Waals surface area (Å²) in [7, 11) is 0. The van der Waals surface area contributed by atoms with Crippen LogP contribution in [0.2, 0.25) is 0 Å². The molecule has 1 nitrogen and oxygen atoms in total. The summed E-state index contributed by atoms with van der Waals surface area (Å²) in [5, 5.41) is 0. The lowest BCUT2D eigenvalue weighted by Gasteiger charge is -2.03. The van der Waals surface area contributed by atoms with Gasteiger partial charge in [0.15, 0.2) is 0 Å². The van der Waals surface area contributed by atoms with Gasteiger partial charge < -0.3 is 0 Å². The van der Waals surface area contributed by atoms with Gasteiger partial charge in [-0.25, -0.2) is 0 Å². The third kappa shape index (κ3) is 1.59. The van der Waals surface area contributed by atoms with Crippen molar-refractivity contribution in [1.29, 1.82) is 0 Å². The second-order valence-corrected chi connectivity index (χ2v) is 2.98. The Morgan fingerprint density at radius 3 is 2.92 bits per heavy atom. The standard InChI is InChI=1S/C12H10N/c1-10-7-8-13-9-12(10)11-5-3-2-4-6-11/h2-3,5-9H,1H3. The van der Waals surface area contributed by atoms with E-state index in [4.69, 9.17) is 0 Å². The van der Waals surface area contributed by atoms with Crippen molar-refractivity contribution in [3.8, 4) is 11.1 Å². The van der Waals surface area contributed by atoms with Crippen LogP contribution >= 0.6 is 0 Å². The first-order valence-corrected chi connectivity index (χ1v) is 4.25. The molecule has 1 aromatic heterocycles. The Labute approximate surface area is 78.1 Å². The van der Waals surface area contributed by atoms with E-state index in [2.05, 4.69) is 24.0 Å². The highest BCUT2D eigenvalue weighted by Gasteiger charge is 1.98. The van der Waals surface area contributed by atoms with Gasteiger partial charge in [0.05, 0.1) is 0 Å². The van der Waals surface area contributed by atoms with Crippen LogP contribution in [0.5, 0.6) is 0 Å². The minimum Gasteiger partial charge on any atom is -0.264 e. The topological polar surface area (TPSA) is 12.9 Å². The molecule has 63 valence electrons. The van der Waals surface area contributed by atoms with E-state index in [0.29, 0.717) is 0 Å². The van der Waals surface area contributed by atoms with E-state index in [1.54, 1.807) is 0 Å².